The van der Waals surface area contributed by atoms with Crippen LogP contribution in [0, 0.1) is 0 Å². The third-order valence-electron chi connectivity index (χ3n) is 2.84. The van der Waals surface area contributed by atoms with E-state index in [1.165, 1.54) is 12.1 Å². The summed E-state index contributed by atoms with van der Waals surface area (Å²) in [6.07, 6.45) is -3.18. The third kappa shape index (κ3) is 6.34. The van der Waals surface area contributed by atoms with E-state index >= 15 is 0 Å². The fourth-order valence-electron chi connectivity index (χ4n) is 1.61. The topological polar surface area (TPSA) is 12.0 Å². The summed E-state index contributed by atoms with van der Waals surface area (Å²) in [5, 5.41) is 3.32. The van der Waals surface area contributed by atoms with Crippen molar-refractivity contribution in [3.05, 3.63) is 35.4 Å². The number of alkyl halides is 3. The molecule has 1 aromatic carbocycles. The number of benzene rings is 1. The normalized spacial score (nSPS) is 13.5. The molecule has 0 saturated carbocycles. The highest BCUT2D eigenvalue weighted by molar-refractivity contribution is 7.99. The molecule has 0 radical (unpaired) electrons. The Bertz CT molecular complexity index is 362. The molecule has 19 heavy (non-hydrogen) atoms. The predicted octanol–water partition coefficient (Wildman–Crippen LogP) is 4.33. The van der Waals surface area contributed by atoms with E-state index in [2.05, 4.69) is 19.2 Å². The van der Waals surface area contributed by atoms with E-state index in [4.69, 9.17) is 0 Å². The maximum Gasteiger partial charge on any atom is 0.416 e. The number of halogens is 3. The van der Waals surface area contributed by atoms with Gasteiger partial charge < -0.3 is 5.32 Å². The van der Waals surface area contributed by atoms with Crippen LogP contribution in [-0.4, -0.2) is 17.5 Å². The van der Waals surface area contributed by atoms with E-state index < -0.39 is 11.7 Å². The number of thioether (sulfide) groups is 1. The lowest BCUT2D eigenvalue weighted by Gasteiger charge is -2.14. The standard InChI is InChI=1S/C14H20F3NS/c1-3-19-9-8-11(2)18-10-12-4-6-13(7-5-12)14(15,16)17/h4-7,11,18H,3,8-10H2,1-2H3. The van der Waals surface area contributed by atoms with Crippen LogP contribution in [0.2, 0.25) is 0 Å². The van der Waals surface area contributed by atoms with Gasteiger partial charge in [-0.15, -0.1) is 0 Å². The average molecular weight is 291 g/mol. The van der Waals surface area contributed by atoms with Crippen LogP contribution in [0.4, 0.5) is 13.2 Å². The van der Waals surface area contributed by atoms with Crippen LogP contribution in [0.5, 0.6) is 0 Å². The Kier molecular flexibility index (Phi) is 6.72. The molecule has 0 aliphatic heterocycles. The summed E-state index contributed by atoms with van der Waals surface area (Å²) < 4.78 is 37.2. The highest BCUT2D eigenvalue weighted by Crippen LogP contribution is 2.29. The minimum absolute atomic E-state index is 0.376. The highest BCUT2D eigenvalue weighted by Gasteiger charge is 2.29. The molecule has 0 saturated heterocycles. The molecule has 1 rings (SSSR count). The van der Waals surface area contributed by atoms with Gasteiger partial charge >= 0.3 is 6.18 Å². The van der Waals surface area contributed by atoms with Crippen LogP contribution < -0.4 is 5.32 Å². The molecule has 0 fully saturated rings. The molecule has 1 N–H and O–H groups in total. The van der Waals surface area contributed by atoms with Gasteiger partial charge in [0.05, 0.1) is 5.56 Å². The largest absolute Gasteiger partial charge is 0.416 e. The zero-order valence-corrected chi connectivity index (χ0v) is 12.1. The molecule has 0 aromatic heterocycles. The van der Waals surface area contributed by atoms with Gasteiger partial charge in [0.25, 0.3) is 0 Å². The Morgan fingerprint density at radius 2 is 1.84 bits per heavy atom. The Hall–Kier alpha value is -0.680. The van der Waals surface area contributed by atoms with Crippen LogP contribution in [0.25, 0.3) is 0 Å². The second kappa shape index (κ2) is 7.80. The molecule has 0 aliphatic carbocycles. The maximum absolute atomic E-state index is 12.4. The van der Waals surface area contributed by atoms with Crippen molar-refractivity contribution in [3.63, 3.8) is 0 Å². The molecule has 0 bridgehead atoms. The van der Waals surface area contributed by atoms with Crippen LogP contribution in [-0.2, 0) is 12.7 Å². The Morgan fingerprint density at radius 3 is 2.37 bits per heavy atom. The summed E-state index contributed by atoms with van der Waals surface area (Å²) in [6.45, 7) is 4.83. The summed E-state index contributed by atoms with van der Waals surface area (Å²) in [7, 11) is 0. The van der Waals surface area contributed by atoms with Gasteiger partial charge in [0.2, 0.25) is 0 Å². The molecule has 0 aliphatic rings. The van der Waals surface area contributed by atoms with Crippen LogP contribution in [0.1, 0.15) is 31.4 Å². The molecule has 5 heteroatoms. The van der Waals surface area contributed by atoms with E-state index in [0.29, 0.717) is 12.6 Å². The smallest absolute Gasteiger partial charge is 0.310 e. The second-order valence-electron chi connectivity index (χ2n) is 4.46. The third-order valence-corrected chi connectivity index (χ3v) is 3.77. The fourth-order valence-corrected chi connectivity index (χ4v) is 2.42. The first-order valence-corrected chi connectivity index (χ1v) is 7.56. The van der Waals surface area contributed by atoms with Gasteiger partial charge in [0.1, 0.15) is 0 Å². The summed E-state index contributed by atoms with van der Waals surface area (Å²) >= 11 is 1.90. The number of rotatable bonds is 7. The van der Waals surface area contributed by atoms with Crippen molar-refractivity contribution < 1.29 is 13.2 Å². The van der Waals surface area contributed by atoms with E-state index in [1.54, 1.807) is 0 Å². The lowest BCUT2D eigenvalue weighted by molar-refractivity contribution is -0.137. The quantitative estimate of drug-likeness (QED) is 0.751. The van der Waals surface area contributed by atoms with Gasteiger partial charge in [-0.3, -0.25) is 0 Å². The molecule has 108 valence electrons. The van der Waals surface area contributed by atoms with Crippen molar-refractivity contribution in [2.45, 2.75) is 39.0 Å². The number of nitrogens with one attached hydrogen (secondary N) is 1. The van der Waals surface area contributed by atoms with Crippen molar-refractivity contribution in [2.75, 3.05) is 11.5 Å². The maximum atomic E-state index is 12.4. The zero-order valence-electron chi connectivity index (χ0n) is 11.3. The summed E-state index contributed by atoms with van der Waals surface area (Å²) in [6, 6.07) is 5.71. The Labute approximate surface area is 117 Å². The van der Waals surface area contributed by atoms with E-state index in [1.807, 2.05) is 11.8 Å². The van der Waals surface area contributed by atoms with Gasteiger partial charge in [-0.25, -0.2) is 0 Å². The van der Waals surface area contributed by atoms with Crippen LogP contribution in [0.15, 0.2) is 24.3 Å². The molecule has 1 atom stereocenters. The second-order valence-corrected chi connectivity index (χ2v) is 5.86. The van der Waals surface area contributed by atoms with Gasteiger partial charge in [-0.1, -0.05) is 19.1 Å². The lowest BCUT2D eigenvalue weighted by Crippen LogP contribution is -2.26. The van der Waals surface area contributed by atoms with Crippen molar-refractivity contribution in [2.24, 2.45) is 0 Å². The van der Waals surface area contributed by atoms with Gasteiger partial charge in [0, 0.05) is 12.6 Å². The lowest BCUT2D eigenvalue weighted by atomic mass is 10.1. The minimum atomic E-state index is -4.25. The molecule has 1 nitrogen and oxygen atoms in total. The van der Waals surface area contributed by atoms with Crippen LogP contribution in [0.3, 0.4) is 0 Å². The Balaban J connectivity index is 2.37. The van der Waals surface area contributed by atoms with E-state index in [-0.39, 0.29) is 0 Å². The zero-order chi connectivity index (χ0) is 14.3. The van der Waals surface area contributed by atoms with E-state index in [0.717, 1.165) is 35.6 Å². The fraction of sp³-hybridized carbons (Fsp3) is 0.571. The molecular formula is C14H20F3NS. The molecule has 0 spiro atoms. The summed E-state index contributed by atoms with van der Waals surface area (Å²) in [5.41, 5.74) is 0.284. The first-order chi connectivity index (χ1) is 8.93. The number of hydrogen-bond donors (Lipinski definition) is 1. The molecule has 0 heterocycles. The van der Waals surface area contributed by atoms with Crippen molar-refractivity contribution in [3.8, 4) is 0 Å². The summed E-state index contributed by atoms with van der Waals surface area (Å²) in [5.74, 6) is 2.23. The van der Waals surface area contributed by atoms with Crippen molar-refractivity contribution in [1.29, 1.82) is 0 Å². The SMILES string of the molecule is CCSCCC(C)NCc1ccc(C(F)(F)F)cc1. The van der Waals surface area contributed by atoms with Crippen LogP contribution >= 0.6 is 11.8 Å². The average Bonchev–Trinajstić information content (AvgIpc) is 2.36. The van der Waals surface area contributed by atoms with Gasteiger partial charge in [-0.05, 0) is 42.5 Å². The molecule has 1 unspecified atom stereocenters. The first kappa shape index (κ1) is 16.4. The molecule has 1 aromatic rings. The van der Waals surface area contributed by atoms with E-state index in [9.17, 15) is 13.2 Å². The molecule has 0 amide bonds. The highest BCUT2D eigenvalue weighted by atomic mass is 32.2. The minimum Gasteiger partial charge on any atom is -0.310 e. The van der Waals surface area contributed by atoms with Crippen molar-refractivity contribution >= 4 is 11.8 Å². The number of hydrogen-bond acceptors (Lipinski definition) is 2. The monoisotopic (exact) mass is 291 g/mol. The van der Waals surface area contributed by atoms with Crippen molar-refractivity contribution in [1.82, 2.24) is 5.32 Å². The predicted molar refractivity (Wildman–Crippen MR) is 75.4 cm³/mol. The summed E-state index contributed by atoms with van der Waals surface area (Å²) in [4.78, 5) is 0. The molecular weight excluding hydrogens is 271 g/mol. The Morgan fingerprint density at radius 1 is 1.21 bits per heavy atom. The van der Waals surface area contributed by atoms with Gasteiger partial charge in [-0.2, -0.15) is 24.9 Å². The van der Waals surface area contributed by atoms with Gasteiger partial charge in [0.15, 0.2) is 0 Å². The first-order valence-electron chi connectivity index (χ1n) is 6.40.